The minimum atomic E-state index is -1.09. The molecular weight excluding hydrogens is 476 g/mol. The zero-order valence-electron chi connectivity index (χ0n) is 19.0. The molecule has 9 heteroatoms. The molecule has 33 heavy (non-hydrogen) atoms. The van der Waals surface area contributed by atoms with Crippen LogP contribution < -0.4 is 0 Å². The van der Waals surface area contributed by atoms with E-state index in [0.717, 1.165) is 0 Å². The molecule has 0 radical (unpaired) electrons. The van der Waals surface area contributed by atoms with Crippen LogP contribution in [0.15, 0.2) is 24.3 Å². The van der Waals surface area contributed by atoms with Gasteiger partial charge in [-0.2, -0.15) is 0 Å². The maximum absolute atomic E-state index is 14.5. The molecule has 1 aromatic heterocycles. The minimum absolute atomic E-state index is 0.0509. The van der Waals surface area contributed by atoms with E-state index in [9.17, 15) is 18.0 Å². The van der Waals surface area contributed by atoms with Crippen molar-refractivity contribution in [3.8, 4) is 0 Å². The van der Waals surface area contributed by atoms with Gasteiger partial charge in [-0.1, -0.05) is 35.3 Å². The monoisotopic (exact) mass is 502 g/mol. The fraction of sp³-hybridized carbons (Fsp3) is 0.500. The number of likely N-dealkylation sites (tertiary alicyclic amines) is 1. The SMILES string of the molecule is C[C@@H]1C[C@](Cc2nc(Cl)c(F)cc2F)(C(=O)OC(C)(C)C)CCN1Cc1cccc(Cl)c1F. The average Bonchev–Trinajstić information content (AvgIpc) is 2.70. The summed E-state index contributed by atoms with van der Waals surface area (Å²) in [4.78, 5) is 19.2. The van der Waals surface area contributed by atoms with E-state index in [1.165, 1.54) is 6.07 Å². The highest BCUT2D eigenvalue weighted by atomic mass is 35.5. The Hall–Kier alpha value is -1.83. The number of benzene rings is 1. The Labute approximate surface area is 202 Å². The van der Waals surface area contributed by atoms with E-state index in [4.69, 9.17) is 27.9 Å². The Morgan fingerprint density at radius 2 is 1.94 bits per heavy atom. The Bertz CT molecular complexity index is 1050. The third-order valence-corrected chi connectivity index (χ3v) is 6.45. The third-order valence-electron chi connectivity index (χ3n) is 5.89. The van der Waals surface area contributed by atoms with Crippen LogP contribution >= 0.6 is 23.2 Å². The van der Waals surface area contributed by atoms with Gasteiger partial charge in [0.05, 0.1) is 16.1 Å². The third kappa shape index (κ3) is 6.00. The van der Waals surface area contributed by atoms with Crippen LogP contribution in [0, 0.1) is 22.9 Å². The van der Waals surface area contributed by atoms with Crippen LogP contribution in [0.3, 0.4) is 0 Å². The van der Waals surface area contributed by atoms with Crippen molar-refractivity contribution in [1.29, 1.82) is 0 Å². The van der Waals surface area contributed by atoms with Crippen LogP contribution in [0.5, 0.6) is 0 Å². The fourth-order valence-corrected chi connectivity index (χ4v) is 4.58. The predicted molar refractivity (Wildman–Crippen MR) is 122 cm³/mol. The number of ether oxygens (including phenoxy) is 1. The maximum Gasteiger partial charge on any atom is 0.313 e. The first-order chi connectivity index (χ1) is 15.3. The maximum atomic E-state index is 14.5. The number of nitrogens with zero attached hydrogens (tertiary/aromatic N) is 2. The molecule has 2 aromatic rings. The smallest absolute Gasteiger partial charge is 0.313 e. The molecule has 1 aliphatic rings. The van der Waals surface area contributed by atoms with Crippen molar-refractivity contribution in [1.82, 2.24) is 9.88 Å². The van der Waals surface area contributed by atoms with Crippen LogP contribution in [-0.2, 0) is 22.5 Å². The molecule has 0 amide bonds. The molecular formula is C24H27Cl2F3N2O2. The van der Waals surface area contributed by atoms with Crippen LogP contribution in [0.1, 0.15) is 51.8 Å². The molecule has 1 saturated heterocycles. The quantitative estimate of drug-likeness (QED) is 0.352. The van der Waals surface area contributed by atoms with Gasteiger partial charge in [-0.15, -0.1) is 0 Å². The second kappa shape index (κ2) is 9.80. The normalized spacial score (nSPS) is 21.8. The lowest BCUT2D eigenvalue weighted by atomic mass is 9.72. The van der Waals surface area contributed by atoms with Crippen molar-refractivity contribution in [3.63, 3.8) is 0 Å². The van der Waals surface area contributed by atoms with Gasteiger partial charge in [0, 0.05) is 30.6 Å². The van der Waals surface area contributed by atoms with Gasteiger partial charge in [-0.25, -0.2) is 18.2 Å². The van der Waals surface area contributed by atoms with Crippen molar-refractivity contribution < 1.29 is 22.7 Å². The molecule has 180 valence electrons. The topological polar surface area (TPSA) is 42.4 Å². The molecule has 2 atom stereocenters. The van der Waals surface area contributed by atoms with Gasteiger partial charge in [0.15, 0.2) is 11.0 Å². The fourth-order valence-electron chi connectivity index (χ4n) is 4.23. The van der Waals surface area contributed by atoms with E-state index < -0.39 is 39.6 Å². The van der Waals surface area contributed by atoms with Gasteiger partial charge in [-0.05, 0) is 53.1 Å². The van der Waals surface area contributed by atoms with E-state index in [-0.39, 0.29) is 23.2 Å². The van der Waals surface area contributed by atoms with Crippen molar-refractivity contribution in [2.45, 2.75) is 65.1 Å². The van der Waals surface area contributed by atoms with Crippen molar-refractivity contribution >= 4 is 29.2 Å². The molecule has 0 N–H and O–H groups in total. The number of esters is 1. The second-order valence-corrected chi connectivity index (χ2v) is 10.4. The van der Waals surface area contributed by atoms with Crippen molar-refractivity contribution in [2.24, 2.45) is 5.41 Å². The summed E-state index contributed by atoms with van der Waals surface area (Å²) in [6.07, 6.45) is 0.558. The number of carbonyl (C=O) groups is 1. The molecule has 0 unspecified atom stereocenters. The van der Waals surface area contributed by atoms with Gasteiger partial charge >= 0.3 is 5.97 Å². The highest BCUT2D eigenvalue weighted by Crippen LogP contribution is 2.41. The summed E-state index contributed by atoms with van der Waals surface area (Å²) in [5, 5.41) is -0.400. The minimum Gasteiger partial charge on any atom is -0.460 e. The van der Waals surface area contributed by atoms with E-state index >= 15 is 0 Å². The molecule has 4 nitrogen and oxygen atoms in total. The van der Waals surface area contributed by atoms with Crippen LogP contribution in [0.2, 0.25) is 10.2 Å². The first-order valence-electron chi connectivity index (χ1n) is 10.7. The zero-order chi connectivity index (χ0) is 24.6. The number of hydrogen-bond donors (Lipinski definition) is 0. The number of piperidine rings is 1. The number of halogens is 5. The van der Waals surface area contributed by atoms with Crippen LogP contribution in [0.4, 0.5) is 13.2 Å². The van der Waals surface area contributed by atoms with Gasteiger partial charge in [-0.3, -0.25) is 9.69 Å². The number of hydrogen-bond acceptors (Lipinski definition) is 4. The summed E-state index contributed by atoms with van der Waals surface area (Å²) >= 11 is 11.7. The van der Waals surface area contributed by atoms with E-state index in [2.05, 4.69) is 4.98 Å². The Balaban J connectivity index is 1.89. The summed E-state index contributed by atoms with van der Waals surface area (Å²) in [6, 6.07) is 5.36. The lowest BCUT2D eigenvalue weighted by molar-refractivity contribution is -0.172. The summed E-state index contributed by atoms with van der Waals surface area (Å²) in [5.41, 5.74) is -1.47. The van der Waals surface area contributed by atoms with Crippen LogP contribution in [0.25, 0.3) is 0 Å². The van der Waals surface area contributed by atoms with E-state index in [0.29, 0.717) is 37.6 Å². The number of rotatable bonds is 5. The molecule has 2 heterocycles. The second-order valence-electron chi connectivity index (χ2n) is 9.64. The lowest BCUT2D eigenvalue weighted by Crippen LogP contribution is -2.51. The lowest BCUT2D eigenvalue weighted by Gasteiger charge is -2.45. The number of pyridine rings is 1. The Kier molecular flexibility index (Phi) is 7.66. The Morgan fingerprint density at radius 3 is 2.58 bits per heavy atom. The molecule has 0 bridgehead atoms. The molecule has 0 saturated carbocycles. The van der Waals surface area contributed by atoms with Crippen molar-refractivity contribution in [2.75, 3.05) is 6.54 Å². The predicted octanol–water partition coefficient (Wildman–Crippen LogP) is 6.36. The van der Waals surface area contributed by atoms with Gasteiger partial charge in [0.1, 0.15) is 17.2 Å². The number of aromatic nitrogens is 1. The van der Waals surface area contributed by atoms with E-state index in [1.807, 2.05) is 11.8 Å². The zero-order valence-corrected chi connectivity index (χ0v) is 20.5. The average molecular weight is 503 g/mol. The first kappa shape index (κ1) is 25.8. The van der Waals surface area contributed by atoms with E-state index in [1.54, 1.807) is 32.9 Å². The van der Waals surface area contributed by atoms with Gasteiger partial charge in [0.25, 0.3) is 0 Å². The van der Waals surface area contributed by atoms with Gasteiger partial charge in [0.2, 0.25) is 0 Å². The summed E-state index contributed by atoms with van der Waals surface area (Å²) < 4.78 is 48.3. The molecule has 3 rings (SSSR count). The Morgan fingerprint density at radius 1 is 1.24 bits per heavy atom. The summed E-state index contributed by atoms with van der Waals surface area (Å²) in [5.74, 6) is -2.77. The standard InChI is InChI=1S/C24H27Cl2F3N2O2/c1-14-11-24(22(32)33-23(2,3)4,12-19-17(27)10-18(28)21(26)30-19)8-9-31(14)13-15-6-5-7-16(25)20(15)29/h5-7,10,14H,8-9,11-13H2,1-4H3/t14-,24-/m1/s1. The highest BCUT2D eigenvalue weighted by Gasteiger charge is 2.47. The number of carbonyl (C=O) groups excluding carboxylic acids is 1. The largest absolute Gasteiger partial charge is 0.460 e. The molecule has 1 aliphatic heterocycles. The molecule has 0 spiro atoms. The molecule has 1 aromatic carbocycles. The van der Waals surface area contributed by atoms with Crippen LogP contribution in [-0.4, -0.2) is 34.0 Å². The first-order valence-corrected chi connectivity index (χ1v) is 11.5. The highest BCUT2D eigenvalue weighted by molar-refractivity contribution is 6.30. The van der Waals surface area contributed by atoms with Gasteiger partial charge < -0.3 is 4.74 Å². The summed E-state index contributed by atoms with van der Waals surface area (Å²) in [6.45, 7) is 7.93. The van der Waals surface area contributed by atoms with Crippen molar-refractivity contribution in [3.05, 3.63) is 63.2 Å². The summed E-state index contributed by atoms with van der Waals surface area (Å²) in [7, 11) is 0. The molecule has 0 aliphatic carbocycles. The molecule has 1 fully saturated rings.